The van der Waals surface area contributed by atoms with Crippen LogP contribution in [0.15, 0.2) is 39.6 Å². The molecule has 4 heterocycles. The summed E-state index contributed by atoms with van der Waals surface area (Å²) >= 11 is 3.31. The minimum atomic E-state index is -0.136. The second-order valence-corrected chi connectivity index (χ2v) is 7.98. The van der Waals surface area contributed by atoms with Gasteiger partial charge in [0.15, 0.2) is 16.1 Å². The number of hydrogen-bond acceptors (Lipinski definition) is 7. The van der Waals surface area contributed by atoms with Gasteiger partial charge in [0.2, 0.25) is 0 Å². The Hall–Kier alpha value is -2.07. The molecule has 1 N–H and O–H groups in total. The highest BCUT2D eigenvalue weighted by molar-refractivity contribution is 8.00. The maximum Gasteiger partial charge on any atom is 0.343 e. The van der Waals surface area contributed by atoms with Crippen LogP contribution in [0, 0.1) is 0 Å². The Kier molecular flexibility index (Phi) is 5.11. The number of unbranched alkanes of at least 4 members (excludes halogenated alkanes) is 1. The van der Waals surface area contributed by atoms with Crippen LogP contribution in [0.3, 0.4) is 0 Å². The molecule has 26 heavy (non-hydrogen) atoms. The van der Waals surface area contributed by atoms with Crippen molar-refractivity contribution < 1.29 is 0 Å². The van der Waals surface area contributed by atoms with Gasteiger partial charge in [0.25, 0.3) is 0 Å². The first-order chi connectivity index (χ1) is 12.8. The zero-order valence-corrected chi connectivity index (χ0v) is 16.0. The SMILES string of the molecule is CCCCn1c(SCC2CSc3nnc(-c4cccnc4)n32)n[nH]c1=O. The lowest BCUT2D eigenvalue weighted by Crippen LogP contribution is -2.18. The maximum atomic E-state index is 11.9. The molecule has 10 heteroatoms. The molecule has 0 amide bonds. The van der Waals surface area contributed by atoms with Crippen molar-refractivity contribution in [3.05, 3.63) is 35.0 Å². The predicted octanol–water partition coefficient (Wildman–Crippen LogP) is 2.46. The quantitative estimate of drug-likeness (QED) is 0.620. The molecule has 0 spiro atoms. The number of pyridine rings is 1. The van der Waals surface area contributed by atoms with Crippen LogP contribution in [-0.2, 0) is 6.54 Å². The minimum absolute atomic E-state index is 0.136. The van der Waals surface area contributed by atoms with E-state index in [0.717, 1.165) is 46.0 Å². The molecule has 0 saturated carbocycles. The van der Waals surface area contributed by atoms with Gasteiger partial charge in [0, 0.05) is 36.0 Å². The Morgan fingerprint density at radius 1 is 1.42 bits per heavy atom. The highest BCUT2D eigenvalue weighted by Crippen LogP contribution is 2.38. The summed E-state index contributed by atoms with van der Waals surface area (Å²) < 4.78 is 3.90. The highest BCUT2D eigenvalue weighted by atomic mass is 32.2. The summed E-state index contributed by atoms with van der Waals surface area (Å²) in [5.41, 5.74) is 0.825. The summed E-state index contributed by atoms with van der Waals surface area (Å²) in [5.74, 6) is 2.59. The Labute approximate surface area is 158 Å². The van der Waals surface area contributed by atoms with E-state index in [2.05, 4.69) is 36.9 Å². The Bertz CT molecular complexity index is 934. The Balaban J connectivity index is 1.53. The van der Waals surface area contributed by atoms with E-state index < -0.39 is 0 Å². The first kappa shape index (κ1) is 17.3. The van der Waals surface area contributed by atoms with Gasteiger partial charge in [-0.3, -0.25) is 14.1 Å². The summed E-state index contributed by atoms with van der Waals surface area (Å²) in [7, 11) is 0. The Morgan fingerprint density at radius 3 is 3.15 bits per heavy atom. The lowest BCUT2D eigenvalue weighted by Gasteiger charge is -2.14. The van der Waals surface area contributed by atoms with Crippen molar-refractivity contribution in [2.75, 3.05) is 11.5 Å². The average Bonchev–Trinajstić information content (AvgIpc) is 3.35. The molecule has 0 saturated heterocycles. The van der Waals surface area contributed by atoms with Gasteiger partial charge in [-0.25, -0.2) is 9.89 Å². The number of hydrogen-bond donors (Lipinski definition) is 1. The molecule has 0 aliphatic carbocycles. The van der Waals surface area contributed by atoms with E-state index in [1.165, 1.54) is 0 Å². The number of H-pyrrole nitrogens is 1. The van der Waals surface area contributed by atoms with Gasteiger partial charge in [0.05, 0.1) is 6.04 Å². The largest absolute Gasteiger partial charge is 0.343 e. The van der Waals surface area contributed by atoms with Crippen LogP contribution in [0.25, 0.3) is 11.4 Å². The summed E-state index contributed by atoms with van der Waals surface area (Å²) in [6, 6.07) is 4.14. The van der Waals surface area contributed by atoms with Crippen molar-refractivity contribution >= 4 is 23.5 Å². The van der Waals surface area contributed by atoms with Crippen LogP contribution in [-0.4, -0.2) is 46.0 Å². The number of rotatable bonds is 7. The Morgan fingerprint density at radius 2 is 2.35 bits per heavy atom. The van der Waals surface area contributed by atoms with Crippen LogP contribution >= 0.6 is 23.5 Å². The van der Waals surface area contributed by atoms with Crippen molar-refractivity contribution in [2.24, 2.45) is 0 Å². The van der Waals surface area contributed by atoms with E-state index in [0.29, 0.717) is 6.54 Å². The number of thioether (sulfide) groups is 2. The molecule has 0 bridgehead atoms. The van der Waals surface area contributed by atoms with Gasteiger partial charge in [0.1, 0.15) is 0 Å². The number of aromatic amines is 1. The zero-order chi connectivity index (χ0) is 17.9. The van der Waals surface area contributed by atoms with E-state index in [4.69, 9.17) is 0 Å². The molecule has 136 valence electrons. The highest BCUT2D eigenvalue weighted by Gasteiger charge is 2.29. The number of aromatic nitrogens is 7. The first-order valence-electron chi connectivity index (χ1n) is 8.54. The van der Waals surface area contributed by atoms with E-state index in [1.807, 2.05) is 12.1 Å². The topological polar surface area (TPSA) is 94.3 Å². The van der Waals surface area contributed by atoms with E-state index in [-0.39, 0.29) is 11.7 Å². The van der Waals surface area contributed by atoms with E-state index >= 15 is 0 Å². The molecule has 4 rings (SSSR count). The first-order valence-corrected chi connectivity index (χ1v) is 10.5. The van der Waals surface area contributed by atoms with Gasteiger partial charge in [-0.15, -0.1) is 15.3 Å². The van der Waals surface area contributed by atoms with Crippen LogP contribution < -0.4 is 5.69 Å². The molecule has 1 atom stereocenters. The fourth-order valence-corrected chi connectivity index (χ4v) is 5.14. The molecule has 3 aromatic heterocycles. The fourth-order valence-electron chi connectivity index (χ4n) is 2.86. The average molecular weight is 390 g/mol. The second-order valence-electron chi connectivity index (χ2n) is 6.01. The molecule has 1 aliphatic heterocycles. The smallest absolute Gasteiger partial charge is 0.297 e. The van der Waals surface area contributed by atoms with Gasteiger partial charge >= 0.3 is 5.69 Å². The van der Waals surface area contributed by atoms with Crippen molar-refractivity contribution in [2.45, 2.75) is 42.7 Å². The maximum absolute atomic E-state index is 11.9. The molecule has 0 radical (unpaired) electrons. The third-order valence-corrected chi connectivity index (χ3v) is 6.43. The van der Waals surface area contributed by atoms with Crippen molar-refractivity contribution in [3.63, 3.8) is 0 Å². The summed E-state index contributed by atoms with van der Waals surface area (Å²) in [6.45, 7) is 2.81. The van der Waals surface area contributed by atoms with Crippen LogP contribution in [0.1, 0.15) is 25.8 Å². The number of nitrogens with one attached hydrogen (secondary N) is 1. The normalized spacial score (nSPS) is 16.1. The van der Waals surface area contributed by atoms with E-state index in [9.17, 15) is 4.79 Å². The summed E-state index contributed by atoms with van der Waals surface area (Å²) in [6.07, 6.45) is 5.56. The lowest BCUT2D eigenvalue weighted by atomic mass is 10.2. The predicted molar refractivity (Wildman–Crippen MR) is 101 cm³/mol. The standard InChI is InChI=1S/C16H19N7OS2/c1-2-3-7-22-14(24)19-20-15(22)25-9-12-10-26-16-21-18-13(23(12)16)11-5-4-6-17-8-11/h4-6,8,12H,2-3,7,9-10H2,1H3,(H,19,24). The third-order valence-electron chi connectivity index (χ3n) is 4.22. The number of fused-ring (bicyclic) bond motifs is 1. The minimum Gasteiger partial charge on any atom is -0.297 e. The molecular formula is C16H19N7OS2. The second kappa shape index (κ2) is 7.67. The monoisotopic (exact) mass is 389 g/mol. The van der Waals surface area contributed by atoms with Crippen molar-refractivity contribution in [3.8, 4) is 11.4 Å². The van der Waals surface area contributed by atoms with Crippen LogP contribution in [0.5, 0.6) is 0 Å². The van der Waals surface area contributed by atoms with E-state index in [1.54, 1.807) is 40.5 Å². The fraction of sp³-hybridized carbons (Fsp3) is 0.438. The lowest BCUT2D eigenvalue weighted by molar-refractivity contribution is 0.568. The van der Waals surface area contributed by atoms with Crippen molar-refractivity contribution in [1.29, 1.82) is 0 Å². The number of nitrogens with zero attached hydrogens (tertiary/aromatic N) is 6. The summed E-state index contributed by atoms with van der Waals surface area (Å²) in [4.78, 5) is 16.1. The van der Waals surface area contributed by atoms with Crippen LogP contribution in [0.2, 0.25) is 0 Å². The molecule has 1 aliphatic rings. The van der Waals surface area contributed by atoms with Gasteiger partial charge in [-0.1, -0.05) is 36.9 Å². The third kappa shape index (κ3) is 3.30. The van der Waals surface area contributed by atoms with Gasteiger partial charge in [-0.2, -0.15) is 0 Å². The van der Waals surface area contributed by atoms with Crippen LogP contribution in [0.4, 0.5) is 0 Å². The summed E-state index contributed by atoms with van der Waals surface area (Å²) in [5, 5.41) is 17.1. The van der Waals surface area contributed by atoms with Gasteiger partial charge < -0.3 is 0 Å². The molecule has 1 unspecified atom stereocenters. The molecule has 0 aromatic carbocycles. The zero-order valence-electron chi connectivity index (χ0n) is 14.3. The molecule has 3 aromatic rings. The molecular weight excluding hydrogens is 370 g/mol. The van der Waals surface area contributed by atoms with Crippen molar-refractivity contribution in [1.82, 2.24) is 34.5 Å². The molecule has 0 fully saturated rings. The molecule has 8 nitrogen and oxygen atoms in total. The van der Waals surface area contributed by atoms with Gasteiger partial charge in [-0.05, 0) is 18.6 Å².